The second-order valence-corrected chi connectivity index (χ2v) is 11.7. The molecule has 0 saturated carbocycles. The van der Waals surface area contributed by atoms with E-state index in [1.54, 1.807) is 18.2 Å². The lowest BCUT2D eigenvalue weighted by molar-refractivity contribution is 0.00703. The molecule has 1 heterocycles. The standard InChI is InChI=1S/C37H35N3O3/c1-24-25(2)40(34-20-17-29(21-33(24)34)35(41)39-22-26-13-18-30(38-6)19-14-26)23-27-11-15-28(16-12-27)31-9-7-8-10-32(31)36(42)43-37(3,4)5/h7-21H,22-23H2,1-5H3,(H,39,41). The van der Waals surface area contributed by atoms with Crippen LogP contribution in [-0.4, -0.2) is 22.0 Å². The summed E-state index contributed by atoms with van der Waals surface area (Å²) in [5.41, 5.74) is 8.39. The van der Waals surface area contributed by atoms with Crippen LogP contribution in [0.25, 0.3) is 26.9 Å². The molecule has 0 saturated heterocycles. The Morgan fingerprint density at radius 3 is 2.23 bits per heavy atom. The minimum absolute atomic E-state index is 0.136. The zero-order valence-electron chi connectivity index (χ0n) is 25.2. The first-order valence-electron chi connectivity index (χ1n) is 14.3. The number of rotatable bonds is 7. The van der Waals surface area contributed by atoms with Gasteiger partial charge in [0.05, 0.1) is 12.1 Å². The summed E-state index contributed by atoms with van der Waals surface area (Å²) in [4.78, 5) is 29.2. The summed E-state index contributed by atoms with van der Waals surface area (Å²) < 4.78 is 7.91. The molecule has 0 bridgehead atoms. The van der Waals surface area contributed by atoms with Crippen LogP contribution in [0.15, 0.2) is 91.0 Å². The number of nitrogens with zero attached hydrogens (tertiary/aromatic N) is 2. The summed E-state index contributed by atoms with van der Waals surface area (Å²) in [7, 11) is 0. The number of carbonyl (C=O) groups is 2. The average Bonchev–Trinajstić information content (AvgIpc) is 3.23. The topological polar surface area (TPSA) is 64.7 Å². The molecule has 0 aliphatic rings. The average molecular weight is 570 g/mol. The van der Waals surface area contributed by atoms with Gasteiger partial charge in [0.25, 0.3) is 5.91 Å². The Hall–Kier alpha value is -5.15. The van der Waals surface area contributed by atoms with E-state index in [0.717, 1.165) is 44.4 Å². The van der Waals surface area contributed by atoms with Gasteiger partial charge in [0.15, 0.2) is 5.69 Å². The molecule has 1 N–H and O–H groups in total. The van der Waals surface area contributed by atoms with Crippen LogP contribution in [0, 0.1) is 20.4 Å². The summed E-state index contributed by atoms with van der Waals surface area (Å²) in [6.45, 7) is 18.0. The predicted molar refractivity (Wildman–Crippen MR) is 171 cm³/mol. The molecule has 5 aromatic rings. The molecule has 43 heavy (non-hydrogen) atoms. The smallest absolute Gasteiger partial charge is 0.339 e. The second-order valence-electron chi connectivity index (χ2n) is 11.7. The number of hydrogen-bond donors (Lipinski definition) is 1. The SMILES string of the molecule is [C-]#[N+]c1ccc(CNC(=O)c2ccc3c(c2)c(C)c(C)n3Cc2ccc(-c3ccccc3C(=O)OC(C)(C)C)cc2)cc1. The molecule has 0 atom stereocenters. The molecular weight excluding hydrogens is 534 g/mol. The van der Waals surface area contributed by atoms with E-state index in [1.807, 2.05) is 81.4 Å². The number of carbonyl (C=O) groups excluding carboxylic acids is 2. The quantitative estimate of drug-likeness (QED) is 0.158. The third-order valence-electron chi connectivity index (χ3n) is 7.57. The van der Waals surface area contributed by atoms with Gasteiger partial charge >= 0.3 is 5.97 Å². The minimum atomic E-state index is -0.568. The Kier molecular flexibility index (Phi) is 8.18. The zero-order chi connectivity index (χ0) is 30.7. The number of fused-ring (bicyclic) bond motifs is 1. The molecular formula is C37H35N3O3. The van der Waals surface area contributed by atoms with Gasteiger partial charge in [-0.25, -0.2) is 9.64 Å². The Morgan fingerprint density at radius 1 is 0.884 bits per heavy atom. The van der Waals surface area contributed by atoms with Gasteiger partial charge in [0, 0.05) is 35.2 Å². The van der Waals surface area contributed by atoms with Crippen molar-refractivity contribution in [1.82, 2.24) is 9.88 Å². The van der Waals surface area contributed by atoms with E-state index in [1.165, 1.54) is 0 Å². The number of hydrogen-bond acceptors (Lipinski definition) is 3. The van der Waals surface area contributed by atoms with Gasteiger partial charge in [-0.3, -0.25) is 4.79 Å². The molecule has 0 unspecified atom stereocenters. The van der Waals surface area contributed by atoms with Gasteiger partial charge in [-0.05, 0) is 86.7 Å². The lowest BCUT2D eigenvalue weighted by Gasteiger charge is -2.20. The maximum absolute atomic E-state index is 13.0. The van der Waals surface area contributed by atoms with E-state index >= 15 is 0 Å². The number of aryl methyl sites for hydroxylation is 1. The van der Waals surface area contributed by atoms with Crippen molar-refractivity contribution >= 4 is 28.5 Å². The van der Waals surface area contributed by atoms with E-state index in [4.69, 9.17) is 11.3 Å². The van der Waals surface area contributed by atoms with Crippen LogP contribution in [0.2, 0.25) is 0 Å². The summed E-state index contributed by atoms with van der Waals surface area (Å²) in [6, 6.07) is 28.9. The van der Waals surface area contributed by atoms with E-state index in [9.17, 15) is 9.59 Å². The van der Waals surface area contributed by atoms with Crippen molar-refractivity contribution in [2.45, 2.75) is 53.3 Å². The highest BCUT2D eigenvalue weighted by Crippen LogP contribution is 2.29. The fourth-order valence-corrected chi connectivity index (χ4v) is 5.19. The maximum Gasteiger partial charge on any atom is 0.339 e. The zero-order valence-corrected chi connectivity index (χ0v) is 25.2. The lowest BCUT2D eigenvalue weighted by atomic mass is 9.98. The number of benzene rings is 4. The predicted octanol–water partition coefficient (Wildman–Crippen LogP) is 8.41. The van der Waals surface area contributed by atoms with Crippen molar-refractivity contribution in [3.63, 3.8) is 0 Å². The first kappa shape index (κ1) is 29.3. The second kappa shape index (κ2) is 12.0. The molecule has 0 aliphatic carbocycles. The molecule has 5 rings (SSSR count). The van der Waals surface area contributed by atoms with Crippen LogP contribution in [-0.2, 0) is 17.8 Å². The van der Waals surface area contributed by atoms with Crippen LogP contribution in [0.4, 0.5) is 5.69 Å². The Balaban J connectivity index is 1.34. The molecule has 6 heteroatoms. The largest absolute Gasteiger partial charge is 0.456 e. The van der Waals surface area contributed by atoms with Crippen LogP contribution in [0.1, 0.15) is 63.9 Å². The third-order valence-corrected chi connectivity index (χ3v) is 7.57. The lowest BCUT2D eigenvalue weighted by Crippen LogP contribution is -2.24. The molecule has 0 fully saturated rings. The molecule has 0 aliphatic heterocycles. The van der Waals surface area contributed by atoms with Crippen molar-refractivity contribution in [2.75, 3.05) is 0 Å². The summed E-state index contributed by atoms with van der Waals surface area (Å²) in [6.07, 6.45) is 0. The summed E-state index contributed by atoms with van der Waals surface area (Å²) in [5, 5.41) is 4.04. The number of nitrogens with one attached hydrogen (secondary N) is 1. The number of ether oxygens (including phenoxy) is 1. The molecule has 216 valence electrons. The van der Waals surface area contributed by atoms with Gasteiger partial charge in [0.1, 0.15) is 5.60 Å². The molecule has 1 aromatic heterocycles. The third kappa shape index (κ3) is 6.52. The Bertz CT molecular complexity index is 1850. The number of amides is 1. The molecule has 1 amide bonds. The van der Waals surface area contributed by atoms with Gasteiger partial charge in [-0.1, -0.05) is 66.7 Å². The van der Waals surface area contributed by atoms with Crippen molar-refractivity contribution in [2.24, 2.45) is 0 Å². The van der Waals surface area contributed by atoms with Crippen molar-refractivity contribution in [1.29, 1.82) is 0 Å². The van der Waals surface area contributed by atoms with Crippen LogP contribution in [0.3, 0.4) is 0 Å². The maximum atomic E-state index is 13.0. The van der Waals surface area contributed by atoms with Gasteiger partial charge in [-0.2, -0.15) is 0 Å². The van der Waals surface area contributed by atoms with Crippen molar-refractivity contribution in [3.05, 3.63) is 136 Å². The summed E-state index contributed by atoms with van der Waals surface area (Å²) >= 11 is 0. The Morgan fingerprint density at radius 2 is 1.56 bits per heavy atom. The summed E-state index contributed by atoms with van der Waals surface area (Å²) in [5.74, 6) is -0.469. The van der Waals surface area contributed by atoms with Crippen LogP contribution < -0.4 is 5.32 Å². The Labute approximate surface area is 252 Å². The van der Waals surface area contributed by atoms with Gasteiger partial charge in [-0.15, -0.1) is 0 Å². The van der Waals surface area contributed by atoms with E-state index in [0.29, 0.717) is 29.9 Å². The van der Waals surface area contributed by atoms with E-state index < -0.39 is 5.60 Å². The first-order chi connectivity index (χ1) is 20.5. The molecule has 6 nitrogen and oxygen atoms in total. The molecule has 0 radical (unpaired) electrons. The minimum Gasteiger partial charge on any atom is -0.456 e. The van der Waals surface area contributed by atoms with Crippen molar-refractivity contribution < 1.29 is 14.3 Å². The van der Waals surface area contributed by atoms with Crippen LogP contribution >= 0.6 is 0 Å². The fraction of sp³-hybridized carbons (Fsp3) is 0.216. The molecule has 4 aromatic carbocycles. The van der Waals surface area contributed by atoms with Gasteiger partial charge < -0.3 is 14.6 Å². The highest BCUT2D eigenvalue weighted by Gasteiger charge is 2.21. The fourth-order valence-electron chi connectivity index (χ4n) is 5.19. The number of esters is 1. The van der Waals surface area contributed by atoms with Crippen LogP contribution in [0.5, 0.6) is 0 Å². The van der Waals surface area contributed by atoms with E-state index in [2.05, 4.69) is 40.7 Å². The monoisotopic (exact) mass is 569 g/mol. The molecule has 0 spiro atoms. The van der Waals surface area contributed by atoms with Gasteiger partial charge in [0.2, 0.25) is 0 Å². The normalized spacial score (nSPS) is 11.3. The number of aromatic nitrogens is 1. The highest BCUT2D eigenvalue weighted by atomic mass is 16.6. The van der Waals surface area contributed by atoms with E-state index in [-0.39, 0.29) is 11.9 Å². The first-order valence-corrected chi connectivity index (χ1v) is 14.3. The van der Waals surface area contributed by atoms with Crippen molar-refractivity contribution in [3.8, 4) is 11.1 Å². The highest BCUT2D eigenvalue weighted by molar-refractivity contribution is 5.99.